The van der Waals surface area contributed by atoms with Crippen LogP contribution in [0.4, 0.5) is 10.1 Å². The van der Waals surface area contributed by atoms with E-state index in [0.29, 0.717) is 0 Å². The summed E-state index contributed by atoms with van der Waals surface area (Å²) in [5, 5.41) is 0. The van der Waals surface area contributed by atoms with Crippen molar-refractivity contribution in [2.75, 3.05) is 18.9 Å². The molecule has 0 heterocycles. The van der Waals surface area contributed by atoms with Crippen LogP contribution in [0.25, 0.3) is 0 Å². The van der Waals surface area contributed by atoms with Gasteiger partial charge >= 0.3 is 5.97 Å². The van der Waals surface area contributed by atoms with Crippen LogP contribution in [0, 0.1) is 5.82 Å². The summed E-state index contributed by atoms with van der Waals surface area (Å²) >= 11 is 0. The molecule has 0 fully saturated rings. The van der Waals surface area contributed by atoms with Crippen LogP contribution in [-0.4, -0.2) is 24.8 Å². The second-order valence-electron chi connectivity index (χ2n) is 4.83. The van der Waals surface area contributed by atoms with Crippen LogP contribution in [0.15, 0.2) is 18.2 Å². The number of hydrogen-bond donors (Lipinski definition) is 1. The van der Waals surface area contributed by atoms with Gasteiger partial charge in [-0.1, -0.05) is 0 Å². The molecule has 1 rings (SSSR count). The highest BCUT2D eigenvalue weighted by Gasteiger charge is 2.13. The molecule has 0 amide bonds. The topological polar surface area (TPSA) is 61.5 Å². The van der Waals surface area contributed by atoms with Gasteiger partial charge < -0.3 is 15.2 Å². The summed E-state index contributed by atoms with van der Waals surface area (Å²) < 4.78 is 23.3. The smallest absolute Gasteiger partial charge is 0.340 e. The van der Waals surface area contributed by atoms with Crippen LogP contribution in [0.3, 0.4) is 0 Å². The van der Waals surface area contributed by atoms with E-state index >= 15 is 0 Å². The molecule has 0 radical (unpaired) electrons. The van der Waals surface area contributed by atoms with Crippen LogP contribution in [0.2, 0.25) is 0 Å². The highest BCUT2D eigenvalue weighted by atomic mass is 19.1. The third kappa shape index (κ3) is 4.71. The summed E-state index contributed by atoms with van der Waals surface area (Å²) in [5.74, 6) is -1.17. The van der Waals surface area contributed by atoms with Gasteiger partial charge in [-0.15, -0.1) is 0 Å². The molecule has 0 spiro atoms. The Balaban J connectivity index is 2.48. The number of carbonyl (C=O) groups excluding carboxylic acids is 1. The van der Waals surface area contributed by atoms with Gasteiger partial charge in [-0.3, -0.25) is 0 Å². The number of halogens is 1. The Bertz CT molecular complexity index is 427. The van der Waals surface area contributed by atoms with Gasteiger partial charge in [0.05, 0.1) is 17.8 Å². The van der Waals surface area contributed by atoms with E-state index in [-0.39, 0.29) is 30.1 Å². The van der Waals surface area contributed by atoms with E-state index in [2.05, 4.69) is 0 Å². The second-order valence-corrected chi connectivity index (χ2v) is 4.83. The summed E-state index contributed by atoms with van der Waals surface area (Å²) in [4.78, 5) is 11.6. The standard InChI is InChI=1S/C13H18FNO3/c1-13(2,3)18-7-6-17-12(16)10-8-9(14)4-5-11(10)15/h4-5,8H,6-7,15H2,1-3H3. The normalized spacial score (nSPS) is 11.3. The number of nitrogens with two attached hydrogens (primary N) is 1. The van der Waals surface area contributed by atoms with E-state index in [1.807, 2.05) is 20.8 Å². The second kappa shape index (κ2) is 5.82. The Kier molecular flexibility index (Phi) is 4.67. The van der Waals surface area contributed by atoms with E-state index in [0.717, 1.165) is 6.07 Å². The largest absolute Gasteiger partial charge is 0.460 e. The lowest BCUT2D eigenvalue weighted by molar-refractivity contribution is -0.0281. The number of benzene rings is 1. The van der Waals surface area contributed by atoms with Gasteiger partial charge in [-0.2, -0.15) is 0 Å². The average Bonchev–Trinajstić information content (AvgIpc) is 2.26. The van der Waals surface area contributed by atoms with Gasteiger partial charge in [-0.25, -0.2) is 9.18 Å². The van der Waals surface area contributed by atoms with Crippen molar-refractivity contribution in [3.05, 3.63) is 29.6 Å². The molecule has 0 aromatic heterocycles. The Labute approximate surface area is 106 Å². The summed E-state index contributed by atoms with van der Waals surface area (Å²) in [7, 11) is 0. The van der Waals surface area contributed by atoms with Gasteiger partial charge in [-0.05, 0) is 39.0 Å². The number of hydrogen-bond acceptors (Lipinski definition) is 4. The van der Waals surface area contributed by atoms with Gasteiger partial charge in [0.15, 0.2) is 0 Å². The molecule has 18 heavy (non-hydrogen) atoms. The van der Waals surface area contributed by atoms with Crippen LogP contribution >= 0.6 is 0 Å². The Morgan fingerprint density at radius 3 is 2.61 bits per heavy atom. The first kappa shape index (κ1) is 14.4. The number of nitrogen functional groups attached to an aromatic ring is 1. The first-order valence-corrected chi connectivity index (χ1v) is 5.66. The maximum atomic E-state index is 13.0. The van der Waals surface area contributed by atoms with Crippen LogP contribution in [-0.2, 0) is 9.47 Å². The summed E-state index contributed by atoms with van der Waals surface area (Å²) in [6.45, 7) is 6.09. The lowest BCUT2D eigenvalue weighted by Crippen LogP contribution is -2.22. The Morgan fingerprint density at radius 1 is 1.33 bits per heavy atom. The van der Waals surface area contributed by atoms with Gasteiger partial charge in [0.1, 0.15) is 12.4 Å². The lowest BCUT2D eigenvalue weighted by atomic mass is 10.2. The zero-order valence-corrected chi connectivity index (χ0v) is 10.8. The van der Waals surface area contributed by atoms with Crippen molar-refractivity contribution in [3.8, 4) is 0 Å². The van der Waals surface area contributed by atoms with E-state index in [9.17, 15) is 9.18 Å². The fourth-order valence-electron chi connectivity index (χ4n) is 1.27. The molecule has 0 atom stereocenters. The molecule has 4 nitrogen and oxygen atoms in total. The van der Waals surface area contributed by atoms with Crippen molar-refractivity contribution in [1.82, 2.24) is 0 Å². The minimum atomic E-state index is -0.649. The van der Waals surface area contributed by atoms with Crippen molar-refractivity contribution >= 4 is 11.7 Å². The molecule has 0 aliphatic heterocycles. The molecular formula is C13H18FNO3. The van der Waals surface area contributed by atoms with Crippen LogP contribution < -0.4 is 5.73 Å². The lowest BCUT2D eigenvalue weighted by Gasteiger charge is -2.19. The molecule has 100 valence electrons. The molecule has 1 aromatic carbocycles. The van der Waals surface area contributed by atoms with E-state index < -0.39 is 11.8 Å². The maximum Gasteiger partial charge on any atom is 0.340 e. The molecule has 5 heteroatoms. The predicted molar refractivity (Wildman–Crippen MR) is 66.8 cm³/mol. The molecule has 0 aliphatic carbocycles. The molecule has 0 aliphatic rings. The predicted octanol–water partition coefficient (Wildman–Crippen LogP) is 2.38. The Hall–Kier alpha value is -1.62. The minimum absolute atomic E-state index is 0.0331. The first-order valence-electron chi connectivity index (χ1n) is 5.66. The zero-order valence-electron chi connectivity index (χ0n) is 10.8. The van der Waals surface area contributed by atoms with Crippen LogP contribution in [0.1, 0.15) is 31.1 Å². The highest BCUT2D eigenvalue weighted by Crippen LogP contribution is 2.14. The molecule has 0 unspecified atom stereocenters. The average molecular weight is 255 g/mol. The number of ether oxygens (including phenoxy) is 2. The van der Waals surface area contributed by atoms with Crippen LogP contribution in [0.5, 0.6) is 0 Å². The summed E-state index contributed by atoms with van der Waals surface area (Å²) in [6.07, 6.45) is 0. The molecule has 0 saturated heterocycles. The van der Waals surface area contributed by atoms with Crippen molar-refractivity contribution in [3.63, 3.8) is 0 Å². The fourth-order valence-corrected chi connectivity index (χ4v) is 1.27. The number of carbonyl (C=O) groups is 1. The van der Waals surface area contributed by atoms with Crippen molar-refractivity contribution in [2.24, 2.45) is 0 Å². The number of esters is 1. The molecular weight excluding hydrogens is 237 g/mol. The highest BCUT2D eigenvalue weighted by molar-refractivity contribution is 5.95. The molecule has 0 bridgehead atoms. The molecule has 0 saturated carbocycles. The fraction of sp³-hybridized carbons (Fsp3) is 0.462. The SMILES string of the molecule is CC(C)(C)OCCOC(=O)c1cc(F)ccc1N. The van der Waals surface area contributed by atoms with E-state index in [4.69, 9.17) is 15.2 Å². The van der Waals surface area contributed by atoms with Gasteiger partial charge in [0.25, 0.3) is 0 Å². The Morgan fingerprint density at radius 2 is 2.00 bits per heavy atom. The van der Waals surface area contributed by atoms with Crippen molar-refractivity contribution < 1.29 is 18.7 Å². The van der Waals surface area contributed by atoms with Crippen molar-refractivity contribution in [1.29, 1.82) is 0 Å². The number of anilines is 1. The van der Waals surface area contributed by atoms with E-state index in [1.165, 1.54) is 12.1 Å². The summed E-state index contributed by atoms with van der Waals surface area (Å²) in [5.41, 5.74) is 5.50. The van der Waals surface area contributed by atoms with E-state index in [1.54, 1.807) is 0 Å². The van der Waals surface area contributed by atoms with Crippen molar-refractivity contribution in [2.45, 2.75) is 26.4 Å². The van der Waals surface area contributed by atoms with Gasteiger partial charge in [0.2, 0.25) is 0 Å². The minimum Gasteiger partial charge on any atom is -0.460 e. The molecule has 2 N–H and O–H groups in total. The number of rotatable bonds is 4. The third-order valence-corrected chi connectivity index (χ3v) is 2.09. The monoisotopic (exact) mass is 255 g/mol. The maximum absolute atomic E-state index is 13.0. The quantitative estimate of drug-likeness (QED) is 0.510. The summed E-state index contributed by atoms with van der Waals surface area (Å²) in [6, 6.07) is 3.58. The molecule has 1 aromatic rings. The van der Waals surface area contributed by atoms with Gasteiger partial charge in [0, 0.05) is 5.69 Å². The zero-order chi connectivity index (χ0) is 13.8. The third-order valence-electron chi connectivity index (χ3n) is 2.09. The first-order chi connectivity index (χ1) is 8.29.